The maximum absolute atomic E-state index is 9.38. The molecule has 0 spiro atoms. The predicted molar refractivity (Wildman–Crippen MR) is 50.3 cm³/mol. The van der Waals surface area contributed by atoms with Gasteiger partial charge in [0.15, 0.2) is 6.29 Å². The fraction of sp³-hybridized carbons (Fsp3) is 1.00. The van der Waals surface area contributed by atoms with E-state index in [4.69, 9.17) is 4.74 Å². The van der Waals surface area contributed by atoms with E-state index in [1.807, 2.05) is 0 Å². The minimum atomic E-state index is -0.542. The van der Waals surface area contributed by atoms with Crippen molar-refractivity contribution >= 4 is 0 Å². The molecule has 2 fully saturated rings. The number of hydrogen-bond donors (Lipinski definition) is 1. The van der Waals surface area contributed by atoms with Gasteiger partial charge in [-0.2, -0.15) is 0 Å². The second-order valence-corrected chi connectivity index (χ2v) is 4.35. The quantitative estimate of drug-likeness (QED) is 0.691. The van der Waals surface area contributed by atoms with Gasteiger partial charge in [-0.3, -0.25) is 4.90 Å². The van der Waals surface area contributed by atoms with Gasteiger partial charge >= 0.3 is 0 Å². The average molecular weight is 185 g/mol. The van der Waals surface area contributed by atoms with Crippen molar-refractivity contribution in [1.82, 2.24) is 4.90 Å². The summed E-state index contributed by atoms with van der Waals surface area (Å²) in [5.74, 6) is 0.928. The van der Waals surface area contributed by atoms with E-state index in [9.17, 15) is 5.11 Å². The fourth-order valence-corrected chi connectivity index (χ4v) is 1.94. The molecule has 0 radical (unpaired) electrons. The van der Waals surface area contributed by atoms with E-state index in [-0.39, 0.29) is 0 Å². The largest absolute Gasteiger partial charge is 0.368 e. The summed E-state index contributed by atoms with van der Waals surface area (Å²) in [6.07, 6.45) is 3.01. The molecule has 3 heteroatoms. The van der Waals surface area contributed by atoms with Crippen molar-refractivity contribution in [2.24, 2.45) is 5.92 Å². The normalized spacial score (nSPS) is 37.4. The van der Waals surface area contributed by atoms with Crippen LogP contribution in [0.2, 0.25) is 0 Å². The number of aliphatic hydroxyl groups is 1. The topological polar surface area (TPSA) is 32.7 Å². The van der Waals surface area contributed by atoms with E-state index in [1.54, 1.807) is 0 Å². The SMILES string of the molecule is CC1CC(O)OCCN1CC1CC1. The van der Waals surface area contributed by atoms with Gasteiger partial charge in [0.2, 0.25) is 0 Å². The van der Waals surface area contributed by atoms with E-state index in [0.29, 0.717) is 12.6 Å². The van der Waals surface area contributed by atoms with Crippen molar-refractivity contribution in [3.05, 3.63) is 0 Å². The van der Waals surface area contributed by atoms with E-state index < -0.39 is 6.29 Å². The molecule has 2 aliphatic rings. The zero-order valence-corrected chi connectivity index (χ0v) is 8.28. The molecule has 0 aromatic carbocycles. The zero-order valence-electron chi connectivity index (χ0n) is 8.28. The molecule has 3 nitrogen and oxygen atoms in total. The lowest BCUT2D eigenvalue weighted by atomic mass is 10.2. The van der Waals surface area contributed by atoms with Gasteiger partial charge in [-0.05, 0) is 25.7 Å². The van der Waals surface area contributed by atoms with E-state index in [2.05, 4.69) is 11.8 Å². The Labute approximate surface area is 79.7 Å². The monoisotopic (exact) mass is 185 g/mol. The second kappa shape index (κ2) is 3.95. The molecule has 1 aliphatic carbocycles. The first kappa shape index (κ1) is 9.44. The van der Waals surface area contributed by atoms with Gasteiger partial charge < -0.3 is 9.84 Å². The Bertz CT molecular complexity index is 170. The third-order valence-electron chi connectivity index (χ3n) is 3.04. The molecule has 13 heavy (non-hydrogen) atoms. The van der Waals surface area contributed by atoms with Crippen LogP contribution in [-0.4, -0.2) is 42.0 Å². The Morgan fingerprint density at radius 2 is 2.23 bits per heavy atom. The number of hydrogen-bond acceptors (Lipinski definition) is 3. The molecule has 2 unspecified atom stereocenters. The Balaban J connectivity index is 1.84. The standard InChI is InChI=1S/C10H19NO2/c1-8-6-10(12)13-5-4-11(8)7-9-2-3-9/h8-10,12H,2-7H2,1H3. The molecule has 0 bridgehead atoms. The van der Waals surface area contributed by atoms with Crippen LogP contribution in [0, 0.1) is 5.92 Å². The first-order valence-corrected chi connectivity index (χ1v) is 5.29. The van der Waals surface area contributed by atoms with Crippen molar-refractivity contribution in [2.45, 2.75) is 38.5 Å². The van der Waals surface area contributed by atoms with Crippen LogP contribution in [0.1, 0.15) is 26.2 Å². The lowest BCUT2D eigenvalue weighted by Crippen LogP contribution is -2.35. The van der Waals surface area contributed by atoms with Crippen LogP contribution < -0.4 is 0 Å². The van der Waals surface area contributed by atoms with E-state index in [1.165, 1.54) is 19.4 Å². The van der Waals surface area contributed by atoms with E-state index in [0.717, 1.165) is 18.9 Å². The first-order valence-electron chi connectivity index (χ1n) is 5.29. The summed E-state index contributed by atoms with van der Waals surface area (Å²) in [4.78, 5) is 2.45. The Morgan fingerprint density at radius 1 is 1.46 bits per heavy atom. The molecule has 1 N–H and O–H groups in total. The molecule has 76 valence electrons. The van der Waals surface area contributed by atoms with Crippen LogP contribution in [0.15, 0.2) is 0 Å². The van der Waals surface area contributed by atoms with Crippen LogP contribution >= 0.6 is 0 Å². The van der Waals surface area contributed by atoms with Crippen LogP contribution in [0.25, 0.3) is 0 Å². The molecular weight excluding hydrogens is 166 g/mol. The number of ether oxygens (including phenoxy) is 1. The molecule has 1 saturated heterocycles. The van der Waals surface area contributed by atoms with Gasteiger partial charge in [0, 0.05) is 25.6 Å². The summed E-state index contributed by atoms with van der Waals surface area (Å²) in [6.45, 7) is 5.05. The number of aliphatic hydroxyl groups excluding tert-OH is 1. The fourth-order valence-electron chi connectivity index (χ4n) is 1.94. The predicted octanol–water partition coefficient (Wildman–Crippen LogP) is 0.826. The molecule has 2 atom stereocenters. The highest BCUT2D eigenvalue weighted by Gasteiger charge is 2.28. The van der Waals surface area contributed by atoms with Crippen molar-refractivity contribution in [3.63, 3.8) is 0 Å². The summed E-state index contributed by atoms with van der Waals surface area (Å²) in [6, 6.07) is 0.470. The van der Waals surface area contributed by atoms with Crippen LogP contribution in [-0.2, 0) is 4.74 Å². The summed E-state index contributed by atoms with van der Waals surface area (Å²) >= 11 is 0. The van der Waals surface area contributed by atoms with Gasteiger partial charge in [-0.1, -0.05) is 0 Å². The van der Waals surface area contributed by atoms with Crippen LogP contribution in [0.5, 0.6) is 0 Å². The highest BCUT2D eigenvalue weighted by molar-refractivity contribution is 4.81. The van der Waals surface area contributed by atoms with Crippen molar-refractivity contribution in [1.29, 1.82) is 0 Å². The highest BCUT2D eigenvalue weighted by atomic mass is 16.6. The first-order chi connectivity index (χ1) is 6.25. The maximum atomic E-state index is 9.38. The number of nitrogens with zero attached hydrogens (tertiary/aromatic N) is 1. The summed E-state index contributed by atoms with van der Waals surface area (Å²) in [7, 11) is 0. The minimum absolute atomic E-state index is 0.470. The smallest absolute Gasteiger partial charge is 0.156 e. The third kappa shape index (κ3) is 2.66. The Morgan fingerprint density at radius 3 is 2.92 bits per heavy atom. The molecule has 1 aliphatic heterocycles. The summed E-state index contributed by atoms with van der Waals surface area (Å²) < 4.78 is 5.22. The molecule has 0 amide bonds. The maximum Gasteiger partial charge on any atom is 0.156 e. The van der Waals surface area contributed by atoms with Crippen LogP contribution in [0.4, 0.5) is 0 Å². The molecule has 1 saturated carbocycles. The molecule has 2 rings (SSSR count). The van der Waals surface area contributed by atoms with Gasteiger partial charge in [0.1, 0.15) is 0 Å². The Kier molecular flexibility index (Phi) is 2.86. The van der Waals surface area contributed by atoms with Crippen LogP contribution in [0.3, 0.4) is 0 Å². The summed E-state index contributed by atoms with van der Waals surface area (Å²) in [5, 5.41) is 9.38. The molecule has 0 aromatic rings. The second-order valence-electron chi connectivity index (χ2n) is 4.35. The van der Waals surface area contributed by atoms with Crippen molar-refractivity contribution < 1.29 is 9.84 Å². The lowest BCUT2D eigenvalue weighted by molar-refractivity contribution is -0.0944. The minimum Gasteiger partial charge on any atom is -0.368 e. The molecular formula is C10H19NO2. The zero-order chi connectivity index (χ0) is 9.26. The van der Waals surface area contributed by atoms with Gasteiger partial charge in [0.25, 0.3) is 0 Å². The Hall–Kier alpha value is -0.120. The van der Waals surface area contributed by atoms with Gasteiger partial charge in [-0.25, -0.2) is 0 Å². The molecule has 1 heterocycles. The van der Waals surface area contributed by atoms with Crippen molar-refractivity contribution in [2.75, 3.05) is 19.7 Å². The summed E-state index contributed by atoms with van der Waals surface area (Å²) in [5.41, 5.74) is 0. The van der Waals surface area contributed by atoms with E-state index >= 15 is 0 Å². The molecule has 0 aromatic heterocycles. The van der Waals surface area contributed by atoms with Gasteiger partial charge in [0.05, 0.1) is 6.61 Å². The number of rotatable bonds is 2. The lowest BCUT2D eigenvalue weighted by Gasteiger charge is -2.26. The third-order valence-corrected chi connectivity index (χ3v) is 3.04. The van der Waals surface area contributed by atoms with Crippen molar-refractivity contribution in [3.8, 4) is 0 Å². The van der Waals surface area contributed by atoms with Gasteiger partial charge in [-0.15, -0.1) is 0 Å². The highest BCUT2D eigenvalue weighted by Crippen LogP contribution is 2.31. The average Bonchev–Trinajstić information content (AvgIpc) is 2.85.